The van der Waals surface area contributed by atoms with Crippen molar-refractivity contribution >= 4 is 60.9 Å². The van der Waals surface area contributed by atoms with Gasteiger partial charge in [-0.3, -0.25) is 19.5 Å². The third-order valence-corrected chi connectivity index (χ3v) is 8.09. The van der Waals surface area contributed by atoms with Crippen molar-refractivity contribution in [2.24, 2.45) is 4.99 Å². The molecular formula is C26H23Br2N3O8S. The van der Waals surface area contributed by atoms with E-state index in [4.69, 9.17) is 14.2 Å². The van der Waals surface area contributed by atoms with E-state index in [2.05, 4.69) is 36.9 Å². The minimum Gasteiger partial charge on any atom is -0.502 e. The summed E-state index contributed by atoms with van der Waals surface area (Å²) in [6.07, 6.45) is 1.35. The Morgan fingerprint density at radius 3 is 2.58 bits per heavy atom. The summed E-state index contributed by atoms with van der Waals surface area (Å²) in [5, 5.41) is 21.9. The summed E-state index contributed by atoms with van der Waals surface area (Å²) >= 11 is 7.79. The number of halogens is 2. The number of aromatic hydroxyl groups is 1. The second-order valence-corrected chi connectivity index (χ2v) is 11.2. The molecule has 0 unspecified atom stereocenters. The topological polar surface area (TPSA) is 142 Å². The number of nitrogens with zero attached hydrogens (tertiary/aromatic N) is 3. The largest absolute Gasteiger partial charge is 0.502 e. The van der Waals surface area contributed by atoms with E-state index in [1.165, 1.54) is 29.9 Å². The van der Waals surface area contributed by atoms with E-state index in [9.17, 15) is 24.8 Å². The van der Waals surface area contributed by atoms with Crippen molar-refractivity contribution in [3.8, 4) is 17.2 Å². The standard InChI is InChI=1S/C26H23Br2N3O8S/c1-5-38-19-11-16(28)15(10-18(19)37-4)22-21(25(34)39-6-2)12(3)29-26-30(22)24(33)20(40-26)8-13-7-14(27)9-17(23(13)32)31(35)36/h7-11,22,32H,5-6H2,1-4H3/b20-8+/t22-/m0/s1. The minimum absolute atomic E-state index is 0.0631. The Labute approximate surface area is 248 Å². The van der Waals surface area contributed by atoms with Gasteiger partial charge in [0.1, 0.15) is 0 Å². The molecule has 210 valence electrons. The third kappa shape index (κ3) is 5.43. The maximum atomic E-state index is 13.9. The Morgan fingerprint density at radius 2 is 1.95 bits per heavy atom. The van der Waals surface area contributed by atoms with E-state index in [0.29, 0.717) is 38.3 Å². The van der Waals surface area contributed by atoms with Crippen LogP contribution in [0.1, 0.15) is 37.9 Å². The molecule has 14 heteroatoms. The van der Waals surface area contributed by atoms with Crippen LogP contribution in [-0.2, 0) is 9.53 Å². The van der Waals surface area contributed by atoms with Gasteiger partial charge in [0.25, 0.3) is 5.56 Å². The summed E-state index contributed by atoms with van der Waals surface area (Å²) < 4.78 is 18.9. The van der Waals surface area contributed by atoms with Gasteiger partial charge in [-0.2, -0.15) is 0 Å². The average Bonchev–Trinajstić information content (AvgIpc) is 3.19. The lowest BCUT2D eigenvalue weighted by Crippen LogP contribution is -2.40. The van der Waals surface area contributed by atoms with Crippen LogP contribution in [0.4, 0.5) is 5.69 Å². The monoisotopic (exact) mass is 695 g/mol. The molecule has 3 aromatic rings. The molecule has 2 aromatic carbocycles. The van der Waals surface area contributed by atoms with Crippen LogP contribution in [0.2, 0.25) is 0 Å². The Balaban J connectivity index is 2.03. The van der Waals surface area contributed by atoms with Gasteiger partial charge in [-0.25, -0.2) is 9.79 Å². The van der Waals surface area contributed by atoms with Gasteiger partial charge >= 0.3 is 11.7 Å². The number of aromatic nitrogens is 1. The van der Waals surface area contributed by atoms with Crippen molar-refractivity contribution in [3.63, 3.8) is 0 Å². The number of esters is 1. The van der Waals surface area contributed by atoms with Crippen molar-refractivity contribution in [1.29, 1.82) is 0 Å². The molecule has 0 amide bonds. The van der Waals surface area contributed by atoms with Gasteiger partial charge < -0.3 is 19.3 Å². The first-order valence-corrected chi connectivity index (χ1v) is 14.3. The molecule has 2 heterocycles. The minimum atomic E-state index is -0.957. The van der Waals surface area contributed by atoms with Crippen molar-refractivity contribution < 1.29 is 29.0 Å². The van der Waals surface area contributed by atoms with Gasteiger partial charge in [-0.1, -0.05) is 43.2 Å². The fourth-order valence-corrected chi connectivity index (χ4v) is 6.31. The number of ether oxygens (including phenoxy) is 3. The molecule has 0 radical (unpaired) electrons. The summed E-state index contributed by atoms with van der Waals surface area (Å²) in [7, 11) is 1.48. The predicted octanol–water partition coefficient (Wildman–Crippen LogP) is 4.34. The third-order valence-electron chi connectivity index (χ3n) is 5.96. The summed E-state index contributed by atoms with van der Waals surface area (Å²) in [6.45, 7) is 5.67. The van der Waals surface area contributed by atoms with Crippen molar-refractivity contribution in [1.82, 2.24) is 4.57 Å². The molecule has 4 rings (SSSR count). The zero-order valence-corrected chi connectivity index (χ0v) is 25.7. The van der Waals surface area contributed by atoms with E-state index in [0.717, 1.165) is 11.3 Å². The number of fused-ring (bicyclic) bond motifs is 1. The van der Waals surface area contributed by atoms with Crippen LogP contribution in [0.3, 0.4) is 0 Å². The highest BCUT2D eigenvalue weighted by molar-refractivity contribution is 9.10. The Kier molecular flexibility index (Phi) is 8.80. The van der Waals surface area contributed by atoms with Crippen LogP contribution < -0.4 is 24.4 Å². The number of allylic oxidation sites excluding steroid dienone is 1. The second-order valence-electron chi connectivity index (χ2n) is 8.38. The summed E-state index contributed by atoms with van der Waals surface area (Å²) in [6, 6.07) is 5.05. The lowest BCUT2D eigenvalue weighted by Gasteiger charge is -2.26. The number of hydrogen-bond acceptors (Lipinski definition) is 10. The first-order chi connectivity index (χ1) is 19.0. The molecule has 0 bridgehead atoms. The Morgan fingerprint density at radius 1 is 1.23 bits per heavy atom. The normalized spacial score (nSPS) is 14.9. The molecule has 1 aliphatic heterocycles. The number of carbonyl (C=O) groups is 1. The Bertz CT molecular complexity index is 1750. The number of rotatable bonds is 8. The fourth-order valence-electron chi connectivity index (χ4n) is 4.27. The Hall–Kier alpha value is -3.49. The van der Waals surface area contributed by atoms with Crippen molar-refractivity contribution in [2.45, 2.75) is 26.8 Å². The van der Waals surface area contributed by atoms with Crippen molar-refractivity contribution in [3.05, 3.63) is 85.4 Å². The predicted molar refractivity (Wildman–Crippen MR) is 155 cm³/mol. The molecule has 0 saturated heterocycles. The van der Waals surface area contributed by atoms with Gasteiger partial charge in [0.05, 0.1) is 47.1 Å². The highest BCUT2D eigenvalue weighted by Gasteiger charge is 2.35. The molecular weight excluding hydrogens is 674 g/mol. The maximum Gasteiger partial charge on any atom is 0.338 e. The number of benzene rings is 2. The number of hydrogen-bond donors (Lipinski definition) is 1. The molecule has 0 spiro atoms. The summed E-state index contributed by atoms with van der Waals surface area (Å²) in [5.74, 6) is -0.356. The molecule has 1 aromatic heterocycles. The lowest BCUT2D eigenvalue weighted by molar-refractivity contribution is -0.385. The quantitative estimate of drug-likeness (QED) is 0.208. The zero-order chi connectivity index (χ0) is 29.3. The van der Waals surface area contributed by atoms with E-state index in [1.54, 1.807) is 26.0 Å². The zero-order valence-electron chi connectivity index (χ0n) is 21.7. The van der Waals surface area contributed by atoms with Crippen LogP contribution >= 0.6 is 43.2 Å². The smallest absolute Gasteiger partial charge is 0.338 e. The first kappa shape index (κ1) is 29.5. The molecule has 0 aliphatic carbocycles. The number of thiazole rings is 1. The van der Waals surface area contributed by atoms with Gasteiger partial charge in [0.2, 0.25) is 5.75 Å². The SMILES string of the molecule is CCOC(=O)C1=C(C)N=c2s/c(=C/c3cc(Br)cc([N+](=O)[O-])c3O)c(=O)n2[C@H]1c1cc(OC)c(OCC)cc1Br. The highest BCUT2D eigenvalue weighted by Crippen LogP contribution is 2.41. The number of phenols is 1. The average molecular weight is 697 g/mol. The van der Waals surface area contributed by atoms with Gasteiger partial charge in [0.15, 0.2) is 16.3 Å². The molecule has 0 fully saturated rings. The van der Waals surface area contributed by atoms with E-state index in [1.807, 2.05) is 6.92 Å². The number of nitro benzene ring substituents is 1. The molecule has 11 nitrogen and oxygen atoms in total. The van der Waals surface area contributed by atoms with Gasteiger partial charge in [-0.05, 0) is 50.6 Å². The van der Waals surface area contributed by atoms with E-state index in [-0.39, 0.29) is 27.1 Å². The fraction of sp³-hybridized carbons (Fsp3) is 0.269. The highest BCUT2D eigenvalue weighted by atomic mass is 79.9. The van der Waals surface area contributed by atoms with Crippen LogP contribution in [0.15, 0.2) is 54.3 Å². The van der Waals surface area contributed by atoms with Crippen LogP contribution in [-0.4, -0.2) is 40.9 Å². The summed E-state index contributed by atoms with van der Waals surface area (Å²) in [5.41, 5.74) is 0.0620. The van der Waals surface area contributed by atoms with Gasteiger partial charge in [0, 0.05) is 20.6 Å². The molecule has 0 saturated carbocycles. The first-order valence-electron chi connectivity index (χ1n) is 11.9. The molecule has 1 N–H and O–H groups in total. The van der Waals surface area contributed by atoms with E-state index < -0.39 is 33.9 Å². The maximum absolute atomic E-state index is 13.9. The second kappa shape index (κ2) is 11.9. The van der Waals surface area contributed by atoms with Crippen molar-refractivity contribution in [2.75, 3.05) is 20.3 Å². The van der Waals surface area contributed by atoms with Crippen LogP contribution in [0.5, 0.6) is 17.2 Å². The molecule has 1 atom stereocenters. The molecule has 1 aliphatic rings. The number of phenolic OH excluding ortho intramolecular Hbond substituents is 1. The summed E-state index contributed by atoms with van der Waals surface area (Å²) in [4.78, 5) is 42.6. The van der Waals surface area contributed by atoms with Gasteiger partial charge in [-0.15, -0.1) is 0 Å². The van der Waals surface area contributed by atoms with Crippen LogP contribution in [0, 0.1) is 10.1 Å². The van der Waals surface area contributed by atoms with E-state index >= 15 is 0 Å². The number of nitro groups is 1. The lowest BCUT2D eigenvalue weighted by atomic mass is 9.95. The number of carbonyl (C=O) groups excluding carboxylic acids is 1. The van der Waals surface area contributed by atoms with Crippen LogP contribution in [0.25, 0.3) is 6.08 Å². The number of methoxy groups -OCH3 is 1. The molecule has 40 heavy (non-hydrogen) atoms.